The van der Waals surface area contributed by atoms with Gasteiger partial charge in [-0.3, -0.25) is 4.90 Å². The summed E-state index contributed by atoms with van der Waals surface area (Å²) in [6.07, 6.45) is 9.59. The lowest BCUT2D eigenvalue weighted by atomic mass is 9.78. The van der Waals surface area contributed by atoms with Crippen LogP contribution < -0.4 is 5.32 Å². The summed E-state index contributed by atoms with van der Waals surface area (Å²) in [5, 5.41) is 3.95. The largest absolute Gasteiger partial charge is 0.380 e. The fourth-order valence-corrected chi connectivity index (χ4v) is 4.53. The Hall–Kier alpha value is -0.120. The number of hydrogen-bond acceptors (Lipinski definition) is 3. The molecule has 3 rings (SSSR count). The van der Waals surface area contributed by atoms with Crippen LogP contribution in [0.2, 0.25) is 0 Å². The first-order valence-electron chi connectivity index (χ1n) is 8.79. The maximum absolute atomic E-state index is 5.78. The summed E-state index contributed by atoms with van der Waals surface area (Å²) in [7, 11) is 0. The molecule has 3 aliphatic rings. The molecular weight excluding hydrogens is 248 g/mol. The van der Waals surface area contributed by atoms with Gasteiger partial charge in [-0.05, 0) is 31.6 Å². The van der Waals surface area contributed by atoms with E-state index >= 15 is 0 Å². The Balaban J connectivity index is 1.73. The zero-order valence-electron chi connectivity index (χ0n) is 13.4. The average Bonchev–Trinajstić information content (AvgIpc) is 2.48. The summed E-state index contributed by atoms with van der Waals surface area (Å²) in [4.78, 5) is 2.83. The number of ether oxygens (including phenoxy) is 1. The van der Waals surface area contributed by atoms with E-state index in [1.165, 1.54) is 58.0 Å². The summed E-state index contributed by atoms with van der Waals surface area (Å²) in [6.45, 7) is 9.11. The van der Waals surface area contributed by atoms with Crippen molar-refractivity contribution in [2.24, 2.45) is 5.92 Å². The van der Waals surface area contributed by atoms with E-state index < -0.39 is 0 Å². The van der Waals surface area contributed by atoms with E-state index in [0.29, 0.717) is 17.6 Å². The van der Waals surface area contributed by atoms with Crippen molar-refractivity contribution in [3.63, 3.8) is 0 Å². The van der Waals surface area contributed by atoms with Gasteiger partial charge in [-0.2, -0.15) is 0 Å². The first-order chi connectivity index (χ1) is 9.70. The Kier molecular flexibility index (Phi) is 4.68. The van der Waals surface area contributed by atoms with Gasteiger partial charge < -0.3 is 10.1 Å². The van der Waals surface area contributed by atoms with Gasteiger partial charge in [0.05, 0.1) is 6.61 Å². The van der Waals surface area contributed by atoms with Crippen molar-refractivity contribution in [2.75, 3.05) is 26.3 Å². The molecule has 0 bridgehead atoms. The SMILES string of the molecule is CC(C)C1CNC2(CCCCC2)CN1C1CCCOC1. The third kappa shape index (κ3) is 3.05. The molecule has 0 aromatic heterocycles. The molecule has 1 saturated carbocycles. The first kappa shape index (κ1) is 14.8. The van der Waals surface area contributed by atoms with Gasteiger partial charge in [0.15, 0.2) is 0 Å². The van der Waals surface area contributed by atoms with Gasteiger partial charge in [0, 0.05) is 37.3 Å². The molecule has 3 nitrogen and oxygen atoms in total. The van der Waals surface area contributed by atoms with Crippen LogP contribution in [0.5, 0.6) is 0 Å². The molecule has 1 aliphatic carbocycles. The molecular formula is C17H32N2O. The van der Waals surface area contributed by atoms with Crippen molar-refractivity contribution >= 4 is 0 Å². The molecule has 0 amide bonds. The molecule has 2 heterocycles. The Morgan fingerprint density at radius 2 is 1.95 bits per heavy atom. The van der Waals surface area contributed by atoms with E-state index in [1.807, 2.05) is 0 Å². The van der Waals surface area contributed by atoms with Gasteiger partial charge >= 0.3 is 0 Å². The molecule has 1 spiro atoms. The van der Waals surface area contributed by atoms with Gasteiger partial charge in [-0.1, -0.05) is 33.1 Å². The summed E-state index contributed by atoms with van der Waals surface area (Å²) < 4.78 is 5.78. The van der Waals surface area contributed by atoms with E-state index in [1.54, 1.807) is 0 Å². The molecule has 2 atom stereocenters. The molecule has 3 fully saturated rings. The zero-order valence-corrected chi connectivity index (χ0v) is 13.4. The van der Waals surface area contributed by atoms with Crippen molar-refractivity contribution in [1.29, 1.82) is 0 Å². The number of nitrogens with zero attached hydrogens (tertiary/aromatic N) is 1. The van der Waals surface area contributed by atoms with Crippen LogP contribution >= 0.6 is 0 Å². The van der Waals surface area contributed by atoms with Gasteiger partial charge in [-0.15, -0.1) is 0 Å². The minimum Gasteiger partial charge on any atom is -0.380 e. The quantitative estimate of drug-likeness (QED) is 0.842. The number of rotatable bonds is 2. The van der Waals surface area contributed by atoms with Crippen LogP contribution in [0.25, 0.3) is 0 Å². The van der Waals surface area contributed by atoms with Gasteiger partial charge in [0.2, 0.25) is 0 Å². The summed E-state index contributed by atoms with van der Waals surface area (Å²) >= 11 is 0. The zero-order chi connectivity index (χ0) is 14.0. The van der Waals surface area contributed by atoms with E-state index in [4.69, 9.17) is 4.74 Å². The molecule has 116 valence electrons. The van der Waals surface area contributed by atoms with Crippen molar-refractivity contribution in [3.05, 3.63) is 0 Å². The summed E-state index contributed by atoms with van der Waals surface area (Å²) in [5.41, 5.74) is 0.418. The third-order valence-corrected chi connectivity index (χ3v) is 5.78. The Bertz CT molecular complexity index is 306. The van der Waals surface area contributed by atoms with E-state index in [0.717, 1.165) is 19.1 Å². The highest BCUT2D eigenvalue weighted by molar-refractivity contribution is 5.02. The van der Waals surface area contributed by atoms with Crippen LogP contribution in [0.1, 0.15) is 58.8 Å². The number of hydrogen-bond donors (Lipinski definition) is 1. The highest BCUT2D eigenvalue weighted by atomic mass is 16.5. The van der Waals surface area contributed by atoms with E-state index in [2.05, 4.69) is 24.1 Å². The van der Waals surface area contributed by atoms with Crippen LogP contribution in [0, 0.1) is 5.92 Å². The van der Waals surface area contributed by atoms with Crippen LogP contribution in [0.15, 0.2) is 0 Å². The maximum Gasteiger partial charge on any atom is 0.0621 e. The molecule has 0 radical (unpaired) electrons. The molecule has 2 aliphatic heterocycles. The van der Waals surface area contributed by atoms with Crippen molar-refractivity contribution < 1.29 is 4.74 Å². The van der Waals surface area contributed by atoms with Gasteiger partial charge in [-0.25, -0.2) is 0 Å². The minimum atomic E-state index is 0.418. The highest BCUT2D eigenvalue weighted by Crippen LogP contribution is 2.34. The second-order valence-electron chi connectivity index (χ2n) is 7.58. The molecule has 0 aromatic carbocycles. The third-order valence-electron chi connectivity index (χ3n) is 5.78. The lowest BCUT2D eigenvalue weighted by molar-refractivity contribution is -0.0473. The molecule has 2 saturated heterocycles. The van der Waals surface area contributed by atoms with Crippen molar-refractivity contribution in [3.8, 4) is 0 Å². The molecule has 3 heteroatoms. The van der Waals surface area contributed by atoms with E-state index in [9.17, 15) is 0 Å². The lowest BCUT2D eigenvalue weighted by Crippen LogP contribution is -2.68. The predicted octanol–water partition coefficient (Wildman–Crippen LogP) is 2.80. The second kappa shape index (κ2) is 6.33. The Labute approximate surface area is 124 Å². The van der Waals surface area contributed by atoms with Crippen LogP contribution in [0.3, 0.4) is 0 Å². The van der Waals surface area contributed by atoms with Gasteiger partial charge in [0.1, 0.15) is 0 Å². The fraction of sp³-hybridized carbons (Fsp3) is 1.00. The first-order valence-corrected chi connectivity index (χ1v) is 8.79. The monoisotopic (exact) mass is 280 g/mol. The number of piperazine rings is 1. The Morgan fingerprint density at radius 3 is 2.60 bits per heavy atom. The molecule has 2 unspecified atom stereocenters. The van der Waals surface area contributed by atoms with Crippen molar-refractivity contribution in [1.82, 2.24) is 10.2 Å². The van der Waals surface area contributed by atoms with Crippen LogP contribution in [0.4, 0.5) is 0 Å². The second-order valence-corrected chi connectivity index (χ2v) is 7.58. The van der Waals surface area contributed by atoms with E-state index in [-0.39, 0.29) is 0 Å². The minimum absolute atomic E-state index is 0.418. The Morgan fingerprint density at radius 1 is 1.15 bits per heavy atom. The standard InChI is InChI=1S/C17H32N2O/c1-14(2)16-11-18-17(8-4-3-5-9-17)13-19(16)15-7-6-10-20-12-15/h14-16,18H,3-13H2,1-2H3. The van der Waals surface area contributed by atoms with Gasteiger partial charge in [0.25, 0.3) is 0 Å². The molecule has 1 N–H and O–H groups in total. The summed E-state index contributed by atoms with van der Waals surface area (Å²) in [6, 6.07) is 1.35. The average molecular weight is 280 g/mol. The number of nitrogens with one attached hydrogen (secondary N) is 1. The van der Waals surface area contributed by atoms with Crippen LogP contribution in [-0.2, 0) is 4.74 Å². The van der Waals surface area contributed by atoms with Crippen molar-refractivity contribution in [2.45, 2.75) is 76.4 Å². The lowest BCUT2D eigenvalue weighted by Gasteiger charge is -2.53. The summed E-state index contributed by atoms with van der Waals surface area (Å²) in [5.74, 6) is 0.727. The van der Waals surface area contributed by atoms with Crippen LogP contribution in [-0.4, -0.2) is 48.8 Å². The maximum atomic E-state index is 5.78. The molecule has 20 heavy (non-hydrogen) atoms. The highest BCUT2D eigenvalue weighted by Gasteiger charge is 2.43. The smallest absolute Gasteiger partial charge is 0.0621 e. The fourth-order valence-electron chi connectivity index (χ4n) is 4.53. The topological polar surface area (TPSA) is 24.5 Å². The normalized spacial score (nSPS) is 35.5. The predicted molar refractivity (Wildman–Crippen MR) is 83.0 cm³/mol. The molecule has 0 aromatic rings.